The number of hydrogen-bond acceptors (Lipinski definition) is 6. The Labute approximate surface area is 167 Å². The lowest BCUT2D eigenvalue weighted by Crippen LogP contribution is -2.11. The second-order valence-corrected chi connectivity index (χ2v) is 6.27. The summed E-state index contributed by atoms with van der Waals surface area (Å²) in [6, 6.07) is 14.1. The molecule has 0 bridgehead atoms. The largest absolute Gasteiger partial charge is 0.493 e. The molecule has 1 heterocycles. The summed E-state index contributed by atoms with van der Waals surface area (Å²) >= 11 is 6.17. The summed E-state index contributed by atoms with van der Waals surface area (Å²) in [7, 11) is 3.15. The lowest BCUT2D eigenvalue weighted by molar-refractivity contribution is 0.100. The Kier molecular flexibility index (Phi) is 5.96. The van der Waals surface area contributed by atoms with E-state index in [2.05, 4.69) is 15.3 Å². The molecule has 0 aliphatic carbocycles. The van der Waals surface area contributed by atoms with Crippen LogP contribution >= 0.6 is 11.6 Å². The Morgan fingerprint density at radius 3 is 2.39 bits per heavy atom. The zero-order valence-electron chi connectivity index (χ0n) is 15.4. The van der Waals surface area contributed by atoms with Crippen molar-refractivity contribution in [2.75, 3.05) is 19.5 Å². The minimum atomic E-state index is -0.461. The van der Waals surface area contributed by atoms with Gasteiger partial charge in [-0.3, -0.25) is 4.79 Å². The molecule has 0 unspecified atom stereocenters. The highest BCUT2D eigenvalue weighted by atomic mass is 35.5. The summed E-state index contributed by atoms with van der Waals surface area (Å²) in [5.41, 5.74) is 8.11. The van der Waals surface area contributed by atoms with Gasteiger partial charge in [-0.25, -0.2) is 9.97 Å². The van der Waals surface area contributed by atoms with Crippen molar-refractivity contribution in [2.24, 2.45) is 5.73 Å². The van der Waals surface area contributed by atoms with Gasteiger partial charge in [0, 0.05) is 23.7 Å². The van der Waals surface area contributed by atoms with Gasteiger partial charge in [-0.15, -0.1) is 0 Å². The molecule has 2 aromatic carbocycles. The van der Waals surface area contributed by atoms with Crippen LogP contribution < -0.4 is 20.5 Å². The minimum Gasteiger partial charge on any atom is -0.493 e. The number of nitrogens with one attached hydrogen (secondary N) is 1. The van der Waals surface area contributed by atoms with Gasteiger partial charge in [-0.2, -0.15) is 0 Å². The summed E-state index contributed by atoms with van der Waals surface area (Å²) in [5.74, 6) is 1.15. The number of ether oxygens (including phenoxy) is 2. The number of anilines is 1. The van der Waals surface area contributed by atoms with E-state index in [1.165, 1.54) is 0 Å². The van der Waals surface area contributed by atoms with Gasteiger partial charge in [0.15, 0.2) is 11.5 Å². The van der Waals surface area contributed by atoms with Crippen LogP contribution in [0.3, 0.4) is 0 Å². The van der Waals surface area contributed by atoms with Crippen LogP contribution in [0.1, 0.15) is 15.9 Å². The summed E-state index contributed by atoms with van der Waals surface area (Å²) in [6.45, 7) is 0.463. The third-order valence-corrected chi connectivity index (χ3v) is 4.26. The van der Waals surface area contributed by atoms with Crippen LogP contribution in [0.15, 0.2) is 48.5 Å². The molecule has 0 fully saturated rings. The normalized spacial score (nSPS) is 10.4. The maximum absolute atomic E-state index is 11.1. The molecule has 0 spiro atoms. The fraction of sp³-hybridized carbons (Fsp3) is 0.150. The highest BCUT2D eigenvalue weighted by molar-refractivity contribution is 6.29. The number of carbonyl (C=O) groups is 1. The average Bonchev–Trinajstić information content (AvgIpc) is 2.71. The molecule has 8 heteroatoms. The Morgan fingerprint density at radius 2 is 1.75 bits per heavy atom. The molecule has 144 valence electrons. The molecule has 3 rings (SSSR count). The van der Waals surface area contributed by atoms with Crippen molar-refractivity contribution in [3.63, 3.8) is 0 Å². The molecule has 28 heavy (non-hydrogen) atoms. The van der Waals surface area contributed by atoms with Crippen molar-refractivity contribution < 1.29 is 14.3 Å². The van der Waals surface area contributed by atoms with E-state index in [0.717, 1.165) is 11.1 Å². The molecular formula is C20H19ClN4O3. The summed E-state index contributed by atoms with van der Waals surface area (Å²) in [4.78, 5) is 19.9. The van der Waals surface area contributed by atoms with Gasteiger partial charge in [0.1, 0.15) is 5.15 Å². The summed E-state index contributed by atoms with van der Waals surface area (Å²) in [5, 5.41) is 3.44. The third kappa shape index (κ3) is 4.50. The first-order valence-electron chi connectivity index (χ1n) is 8.39. The summed E-state index contributed by atoms with van der Waals surface area (Å²) < 4.78 is 10.6. The highest BCUT2D eigenvalue weighted by Gasteiger charge is 2.10. The standard InChI is InChI=1S/C20H19ClN4O3/c1-27-16-8-7-14(9-17(16)28-2)15-10-18(21)25-20(24-15)23-11-12-3-5-13(6-4-12)19(22)26/h3-10H,11H2,1-2H3,(H2,22,26)(H,23,24,25). The molecule has 0 saturated carbocycles. The van der Waals surface area contributed by atoms with Gasteiger partial charge in [0.25, 0.3) is 0 Å². The number of carbonyl (C=O) groups excluding carboxylic acids is 1. The first-order chi connectivity index (χ1) is 13.5. The smallest absolute Gasteiger partial charge is 0.248 e. The van der Waals surface area contributed by atoms with E-state index >= 15 is 0 Å². The van der Waals surface area contributed by atoms with Crippen LogP contribution in [0.5, 0.6) is 11.5 Å². The van der Waals surface area contributed by atoms with Crippen molar-refractivity contribution in [2.45, 2.75) is 6.54 Å². The van der Waals surface area contributed by atoms with E-state index in [1.54, 1.807) is 38.5 Å². The number of halogens is 1. The summed E-state index contributed by atoms with van der Waals surface area (Å²) in [6.07, 6.45) is 0. The van der Waals surface area contributed by atoms with E-state index in [9.17, 15) is 4.79 Å². The van der Waals surface area contributed by atoms with Gasteiger partial charge in [0.2, 0.25) is 11.9 Å². The van der Waals surface area contributed by atoms with Crippen molar-refractivity contribution >= 4 is 23.5 Å². The van der Waals surface area contributed by atoms with Crippen molar-refractivity contribution in [1.29, 1.82) is 0 Å². The highest BCUT2D eigenvalue weighted by Crippen LogP contribution is 2.32. The molecule has 0 radical (unpaired) electrons. The fourth-order valence-electron chi connectivity index (χ4n) is 2.61. The number of aromatic nitrogens is 2. The van der Waals surface area contributed by atoms with Gasteiger partial charge in [-0.1, -0.05) is 23.7 Å². The molecular weight excluding hydrogens is 380 g/mol. The monoisotopic (exact) mass is 398 g/mol. The second-order valence-electron chi connectivity index (χ2n) is 5.88. The predicted molar refractivity (Wildman–Crippen MR) is 108 cm³/mol. The van der Waals surface area contributed by atoms with Gasteiger partial charge < -0.3 is 20.5 Å². The van der Waals surface area contributed by atoms with E-state index < -0.39 is 5.91 Å². The zero-order valence-corrected chi connectivity index (χ0v) is 16.2. The van der Waals surface area contributed by atoms with Crippen LogP contribution in [0.4, 0.5) is 5.95 Å². The number of benzene rings is 2. The molecule has 0 atom stereocenters. The lowest BCUT2D eigenvalue weighted by Gasteiger charge is -2.11. The molecule has 1 aromatic heterocycles. The van der Waals surface area contributed by atoms with Gasteiger partial charge in [0.05, 0.1) is 19.9 Å². The van der Waals surface area contributed by atoms with Crippen molar-refractivity contribution in [3.05, 3.63) is 64.8 Å². The minimum absolute atomic E-state index is 0.311. The van der Waals surface area contributed by atoms with Crippen LogP contribution in [0, 0.1) is 0 Å². The molecule has 0 aliphatic heterocycles. The molecule has 3 N–H and O–H groups in total. The Morgan fingerprint density at radius 1 is 1.04 bits per heavy atom. The maximum Gasteiger partial charge on any atom is 0.248 e. The van der Waals surface area contributed by atoms with Gasteiger partial charge in [-0.05, 0) is 35.9 Å². The Hall–Kier alpha value is -3.32. The predicted octanol–water partition coefficient (Wildman–Crippen LogP) is 3.53. The lowest BCUT2D eigenvalue weighted by atomic mass is 10.1. The quantitative estimate of drug-likeness (QED) is 0.590. The van der Waals surface area contributed by atoms with Crippen LogP contribution in [0.25, 0.3) is 11.3 Å². The molecule has 3 aromatic rings. The third-order valence-electron chi connectivity index (χ3n) is 4.06. The number of primary amides is 1. The number of rotatable bonds is 7. The molecule has 7 nitrogen and oxygen atoms in total. The van der Waals surface area contributed by atoms with Crippen LogP contribution in [-0.4, -0.2) is 30.1 Å². The maximum atomic E-state index is 11.1. The number of amides is 1. The first kappa shape index (κ1) is 19.4. The van der Waals surface area contributed by atoms with Crippen LogP contribution in [-0.2, 0) is 6.54 Å². The van der Waals surface area contributed by atoms with E-state index in [4.69, 9.17) is 26.8 Å². The number of hydrogen-bond donors (Lipinski definition) is 2. The SMILES string of the molecule is COc1ccc(-c2cc(Cl)nc(NCc3ccc(C(N)=O)cc3)n2)cc1OC. The number of nitrogens with zero attached hydrogens (tertiary/aromatic N) is 2. The Balaban J connectivity index is 1.80. The van der Waals surface area contributed by atoms with E-state index in [0.29, 0.717) is 40.4 Å². The number of methoxy groups -OCH3 is 2. The van der Waals surface area contributed by atoms with Crippen molar-refractivity contribution in [3.8, 4) is 22.8 Å². The molecule has 0 saturated heterocycles. The second kappa shape index (κ2) is 8.58. The van der Waals surface area contributed by atoms with Gasteiger partial charge >= 0.3 is 0 Å². The fourth-order valence-corrected chi connectivity index (χ4v) is 2.79. The topological polar surface area (TPSA) is 99.4 Å². The molecule has 0 aliphatic rings. The van der Waals surface area contributed by atoms with E-state index in [1.807, 2.05) is 24.3 Å². The number of nitrogens with two attached hydrogens (primary N) is 1. The van der Waals surface area contributed by atoms with Crippen molar-refractivity contribution in [1.82, 2.24) is 9.97 Å². The van der Waals surface area contributed by atoms with Crippen LogP contribution in [0.2, 0.25) is 5.15 Å². The molecule has 1 amide bonds. The van der Waals surface area contributed by atoms with E-state index in [-0.39, 0.29) is 0 Å². The zero-order chi connectivity index (χ0) is 20.1. The average molecular weight is 399 g/mol. The first-order valence-corrected chi connectivity index (χ1v) is 8.77. The Bertz CT molecular complexity index is 993.